The molecule has 0 aromatic rings. The Hall–Kier alpha value is -0.810. The number of rotatable bonds is 3. The quantitative estimate of drug-likeness (QED) is 0.872. The summed E-state index contributed by atoms with van der Waals surface area (Å²) in [5.74, 6) is 0.432. The van der Waals surface area contributed by atoms with Crippen molar-refractivity contribution in [3.63, 3.8) is 0 Å². The van der Waals surface area contributed by atoms with Crippen molar-refractivity contribution in [3.05, 3.63) is 0 Å². The van der Waals surface area contributed by atoms with Crippen LogP contribution in [0.25, 0.3) is 0 Å². The average molecular weight is 310 g/mol. The molecular formula is C17H30N2O3. The van der Waals surface area contributed by atoms with Crippen molar-refractivity contribution in [2.45, 2.75) is 64.2 Å². The Kier molecular flexibility index (Phi) is 4.93. The van der Waals surface area contributed by atoms with Crippen molar-refractivity contribution >= 4 is 6.03 Å². The summed E-state index contributed by atoms with van der Waals surface area (Å²) >= 11 is 0. The fourth-order valence-corrected chi connectivity index (χ4v) is 4.32. The molecule has 0 aromatic carbocycles. The highest BCUT2D eigenvalue weighted by Crippen LogP contribution is 2.34. The van der Waals surface area contributed by atoms with Gasteiger partial charge >= 0.3 is 6.03 Å². The van der Waals surface area contributed by atoms with E-state index in [9.17, 15) is 4.79 Å². The van der Waals surface area contributed by atoms with Gasteiger partial charge in [-0.2, -0.15) is 0 Å². The number of hydrogen-bond donors (Lipinski definition) is 1. The number of carbonyl (C=O) groups excluding carboxylic acids is 1. The first-order valence-electron chi connectivity index (χ1n) is 8.95. The minimum atomic E-state index is -0.502. The summed E-state index contributed by atoms with van der Waals surface area (Å²) in [6.07, 6.45) is 6.89. The molecule has 1 N–H and O–H groups in total. The summed E-state index contributed by atoms with van der Waals surface area (Å²) in [7, 11) is 0. The molecule has 3 rings (SSSR count). The van der Waals surface area contributed by atoms with Crippen LogP contribution in [0, 0.1) is 11.8 Å². The molecular weight excluding hydrogens is 280 g/mol. The zero-order chi connectivity index (χ0) is 15.6. The normalized spacial score (nSPS) is 34.8. The Labute approximate surface area is 133 Å². The number of nitrogens with one attached hydrogen (secondary N) is 1. The topological polar surface area (TPSA) is 50.8 Å². The average Bonchev–Trinajstić information content (AvgIpc) is 3.17. The van der Waals surface area contributed by atoms with E-state index in [1.165, 1.54) is 12.8 Å². The van der Waals surface area contributed by atoms with Crippen LogP contribution in [0.4, 0.5) is 4.79 Å². The number of carbonyl (C=O) groups is 1. The lowest BCUT2D eigenvalue weighted by atomic mass is 9.90. The highest BCUT2D eigenvalue weighted by atomic mass is 16.7. The molecule has 0 radical (unpaired) electrons. The Bertz CT molecular complexity index is 395. The van der Waals surface area contributed by atoms with Gasteiger partial charge in [0.05, 0.1) is 13.2 Å². The summed E-state index contributed by atoms with van der Waals surface area (Å²) in [4.78, 5) is 14.6. The lowest BCUT2D eigenvalue weighted by molar-refractivity contribution is -0.189. The van der Waals surface area contributed by atoms with Gasteiger partial charge in [-0.3, -0.25) is 0 Å². The van der Waals surface area contributed by atoms with Gasteiger partial charge < -0.3 is 19.7 Å². The predicted octanol–water partition coefficient (Wildman–Crippen LogP) is 2.75. The maximum atomic E-state index is 12.6. The van der Waals surface area contributed by atoms with Crippen LogP contribution in [0.1, 0.15) is 52.4 Å². The molecule has 22 heavy (non-hydrogen) atoms. The van der Waals surface area contributed by atoms with Crippen LogP contribution in [-0.4, -0.2) is 49.1 Å². The fourth-order valence-electron chi connectivity index (χ4n) is 4.32. The molecule has 1 aliphatic carbocycles. The van der Waals surface area contributed by atoms with E-state index in [0.29, 0.717) is 25.2 Å². The molecule has 5 heteroatoms. The fraction of sp³-hybridized carbons (Fsp3) is 0.941. The summed E-state index contributed by atoms with van der Waals surface area (Å²) in [6, 6.07) is 0.476. The largest absolute Gasteiger partial charge is 0.347 e. The molecule has 0 unspecified atom stereocenters. The van der Waals surface area contributed by atoms with Crippen LogP contribution in [0.5, 0.6) is 0 Å². The molecule has 5 nitrogen and oxygen atoms in total. The Morgan fingerprint density at radius 3 is 2.73 bits per heavy atom. The molecule has 2 saturated heterocycles. The van der Waals surface area contributed by atoms with Crippen LogP contribution in [0.3, 0.4) is 0 Å². The third-order valence-electron chi connectivity index (χ3n) is 5.80. The van der Waals surface area contributed by atoms with Gasteiger partial charge in [0.25, 0.3) is 0 Å². The van der Waals surface area contributed by atoms with E-state index in [1.54, 1.807) is 0 Å². The molecule has 1 saturated carbocycles. The summed E-state index contributed by atoms with van der Waals surface area (Å²) < 4.78 is 11.6. The monoisotopic (exact) mass is 310 g/mol. The summed E-state index contributed by atoms with van der Waals surface area (Å²) in [5, 5.41) is 3.28. The molecule has 2 amide bonds. The second-order valence-electron chi connectivity index (χ2n) is 7.15. The SMILES string of the molecule is CC[C@@H]1CCC[C@@H]1NC(=O)N1CCC[C@@H](C2(C)OCCO2)C1. The molecule has 0 bridgehead atoms. The van der Waals surface area contributed by atoms with Crippen LogP contribution in [0.2, 0.25) is 0 Å². The van der Waals surface area contributed by atoms with Crippen molar-refractivity contribution in [2.75, 3.05) is 26.3 Å². The molecule has 2 aliphatic heterocycles. The Balaban J connectivity index is 1.56. The second kappa shape index (κ2) is 6.75. The molecule has 2 heterocycles. The number of likely N-dealkylation sites (tertiary alicyclic amines) is 1. The van der Waals surface area contributed by atoms with E-state index >= 15 is 0 Å². The van der Waals surface area contributed by atoms with Crippen molar-refractivity contribution in [3.8, 4) is 0 Å². The van der Waals surface area contributed by atoms with Crippen LogP contribution < -0.4 is 5.32 Å². The van der Waals surface area contributed by atoms with Crippen molar-refractivity contribution in [2.24, 2.45) is 11.8 Å². The molecule has 0 spiro atoms. The molecule has 3 aliphatic rings. The van der Waals surface area contributed by atoms with Crippen LogP contribution in [-0.2, 0) is 9.47 Å². The van der Waals surface area contributed by atoms with E-state index in [-0.39, 0.29) is 11.9 Å². The van der Waals surface area contributed by atoms with Crippen molar-refractivity contribution in [1.29, 1.82) is 0 Å². The van der Waals surface area contributed by atoms with Crippen molar-refractivity contribution in [1.82, 2.24) is 10.2 Å². The Morgan fingerprint density at radius 2 is 2.00 bits per heavy atom. The third kappa shape index (κ3) is 3.25. The predicted molar refractivity (Wildman–Crippen MR) is 84.6 cm³/mol. The van der Waals surface area contributed by atoms with Gasteiger partial charge in [-0.05, 0) is 38.5 Å². The molecule has 3 atom stereocenters. The smallest absolute Gasteiger partial charge is 0.317 e. The lowest BCUT2D eigenvalue weighted by Crippen LogP contribution is -2.53. The first-order chi connectivity index (χ1) is 10.6. The van der Waals surface area contributed by atoms with Gasteiger partial charge in [-0.25, -0.2) is 4.79 Å². The standard InChI is InChI=1S/C17H30N2O3/c1-3-13-6-4-8-15(13)18-16(20)19-9-5-7-14(12-19)17(2)21-10-11-22-17/h13-15H,3-12H2,1-2H3,(H,18,20)/t13-,14-,15+/m1/s1. The van der Waals surface area contributed by atoms with E-state index in [0.717, 1.165) is 38.8 Å². The highest BCUT2D eigenvalue weighted by Gasteiger charge is 2.42. The molecule has 0 aromatic heterocycles. The lowest BCUT2D eigenvalue weighted by Gasteiger charge is -2.40. The number of amides is 2. The van der Waals surface area contributed by atoms with Gasteiger partial charge in [0.1, 0.15) is 0 Å². The van der Waals surface area contributed by atoms with Crippen LogP contribution in [0.15, 0.2) is 0 Å². The minimum Gasteiger partial charge on any atom is -0.347 e. The van der Waals surface area contributed by atoms with Gasteiger partial charge in [0, 0.05) is 25.0 Å². The van der Waals surface area contributed by atoms with Gasteiger partial charge in [0.2, 0.25) is 0 Å². The zero-order valence-corrected chi connectivity index (χ0v) is 14.0. The van der Waals surface area contributed by atoms with Gasteiger partial charge in [-0.1, -0.05) is 19.8 Å². The number of ether oxygens (including phenoxy) is 2. The van der Waals surface area contributed by atoms with Crippen LogP contribution >= 0.6 is 0 Å². The summed E-state index contributed by atoms with van der Waals surface area (Å²) in [6.45, 7) is 7.17. The Morgan fingerprint density at radius 1 is 1.23 bits per heavy atom. The van der Waals surface area contributed by atoms with Gasteiger partial charge in [-0.15, -0.1) is 0 Å². The minimum absolute atomic E-state index is 0.108. The zero-order valence-electron chi connectivity index (χ0n) is 14.0. The van der Waals surface area contributed by atoms with Gasteiger partial charge in [0.15, 0.2) is 5.79 Å². The second-order valence-corrected chi connectivity index (χ2v) is 7.15. The van der Waals surface area contributed by atoms with Crippen molar-refractivity contribution < 1.29 is 14.3 Å². The van der Waals surface area contributed by atoms with E-state index in [1.807, 2.05) is 11.8 Å². The number of piperidine rings is 1. The van der Waals surface area contributed by atoms with E-state index < -0.39 is 5.79 Å². The maximum absolute atomic E-state index is 12.6. The third-order valence-corrected chi connectivity index (χ3v) is 5.80. The number of urea groups is 1. The first kappa shape index (κ1) is 16.1. The van der Waals surface area contributed by atoms with E-state index in [4.69, 9.17) is 9.47 Å². The first-order valence-corrected chi connectivity index (χ1v) is 8.95. The molecule has 3 fully saturated rings. The summed E-state index contributed by atoms with van der Waals surface area (Å²) in [5.41, 5.74) is 0. The van der Waals surface area contributed by atoms with E-state index in [2.05, 4.69) is 12.2 Å². The maximum Gasteiger partial charge on any atom is 0.317 e. The molecule has 126 valence electrons. The highest BCUT2D eigenvalue weighted by molar-refractivity contribution is 5.74. The number of nitrogens with zero attached hydrogens (tertiary/aromatic N) is 1. The number of hydrogen-bond acceptors (Lipinski definition) is 3.